The second-order valence-electron chi connectivity index (χ2n) is 11.0. The Balaban J connectivity index is 1.62. The summed E-state index contributed by atoms with van der Waals surface area (Å²) in [6.07, 6.45) is 0. The van der Waals surface area contributed by atoms with Gasteiger partial charge in [0, 0.05) is 17.1 Å². The number of benzene rings is 4. The lowest BCUT2D eigenvalue weighted by atomic mass is 9.81. The lowest BCUT2D eigenvalue weighted by Gasteiger charge is -2.26. The van der Waals surface area contributed by atoms with Crippen molar-refractivity contribution >= 4 is 36.5 Å². The number of hydrogen-bond acceptors (Lipinski definition) is 1. The van der Waals surface area contributed by atoms with E-state index in [2.05, 4.69) is 119 Å². The molecule has 0 N–H and O–H groups in total. The molecule has 2 heteroatoms. The van der Waals surface area contributed by atoms with E-state index in [1.54, 1.807) is 5.19 Å². The van der Waals surface area contributed by atoms with Crippen molar-refractivity contribution in [2.45, 2.75) is 39.8 Å². The number of allylic oxidation sites excluding steroid dienone is 4. The van der Waals surface area contributed by atoms with Crippen molar-refractivity contribution in [3.05, 3.63) is 129 Å². The molecule has 0 saturated carbocycles. The van der Waals surface area contributed by atoms with Crippen molar-refractivity contribution in [2.24, 2.45) is 4.99 Å². The van der Waals surface area contributed by atoms with Crippen molar-refractivity contribution < 1.29 is 0 Å². The zero-order valence-electron chi connectivity index (χ0n) is 22.2. The molecule has 0 unspecified atom stereocenters. The van der Waals surface area contributed by atoms with E-state index in [1.807, 2.05) is 0 Å². The van der Waals surface area contributed by atoms with Crippen LogP contribution >= 0.6 is 0 Å². The Morgan fingerprint density at radius 1 is 0.676 bits per heavy atom. The van der Waals surface area contributed by atoms with Crippen LogP contribution in [0.4, 0.5) is 5.69 Å². The van der Waals surface area contributed by atoms with Crippen LogP contribution in [0.25, 0.3) is 22.3 Å². The van der Waals surface area contributed by atoms with Crippen LogP contribution in [-0.4, -0.2) is 14.5 Å². The molecule has 4 aromatic rings. The Morgan fingerprint density at radius 2 is 1.27 bits per heavy atom. The van der Waals surface area contributed by atoms with Gasteiger partial charge in [0.05, 0.1) is 20.2 Å². The van der Waals surface area contributed by atoms with Crippen molar-refractivity contribution in [2.75, 3.05) is 0 Å². The molecule has 1 heterocycles. The van der Waals surface area contributed by atoms with Gasteiger partial charge in [-0.25, -0.2) is 4.99 Å². The minimum absolute atomic E-state index is 0.228. The first-order valence-electron chi connectivity index (χ1n) is 13.4. The molecule has 0 amide bonds. The topological polar surface area (TPSA) is 12.4 Å². The Kier molecular flexibility index (Phi) is 4.93. The molecular formula is C35H31NSi. The quantitative estimate of drug-likeness (QED) is 0.225. The van der Waals surface area contributed by atoms with Gasteiger partial charge in [-0.1, -0.05) is 97.1 Å². The van der Waals surface area contributed by atoms with Gasteiger partial charge in [0.2, 0.25) is 0 Å². The van der Waals surface area contributed by atoms with Gasteiger partial charge in [-0.05, 0) is 82.5 Å². The zero-order chi connectivity index (χ0) is 25.4. The van der Waals surface area contributed by atoms with Crippen molar-refractivity contribution in [3.63, 3.8) is 0 Å². The summed E-state index contributed by atoms with van der Waals surface area (Å²) in [6.45, 7) is 11.8. The maximum Gasteiger partial charge on any atom is 0.0754 e. The zero-order valence-corrected chi connectivity index (χ0v) is 23.3. The van der Waals surface area contributed by atoms with E-state index in [9.17, 15) is 0 Å². The van der Waals surface area contributed by atoms with Crippen molar-refractivity contribution in [3.8, 4) is 11.1 Å². The molecule has 1 aliphatic heterocycles. The Bertz CT molecular complexity index is 1670. The first-order valence-corrected chi connectivity index (χ1v) is 16.3. The van der Waals surface area contributed by atoms with Gasteiger partial charge in [0.1, 0.15) is 0 Å². The molecule has 0 saturated heterocycles. The Morgan fingerprint density at radius 3 is 1.89 bits per heavy atom. The predicted molar refractivity (Wildman–Crippen MR) is 161 cm³/mol. The van der Waals surface area contributed by atoms with Crippen LogP contribution in [0.5, 0.6) is 0 Å². The average molecular weight is 494 g/mol. The van der Waals surface area contributed by atoms with Gasteiger partial charge in [-0.15, -0.1) is 0 Å². The molecular weight excluding hydrogens is 462 g/mol. The summed E-state index contributed by atoms with van der Waals surface area (Å²) in [6, 6.07) is 31.4. The largest absolute Gasteiger partial charge is 0.247 e. The number of fused-ring (bicyclic) bond motifs is 6. The molecule has 4 aromatic carbocycles. The fraction of sp³-hybridized carbons (Fsp3) is 0.171. The second kappa shape index (κ2) is 8.13. The minimum Gasteiger partial charge on any atom is -0.247 e. The van der Waals surface area contributed by atoms with E-state index < -0.39 is 8.80 Å². The first kappa shape index (κ1) is 22.4. The maximum atomic E-state index is 5.34. The smallest absolute Gasteiger partial charge is 0.0754 e. The summed E-state index contributed by atoms with van der Waals surface area (Å²) in [5.41, 5.74) is 18.9. The van der Waals surface area contributed by atoms with Crippen LogP contribution in [0.3, 0.4) is 0 Å². The summed E-state index contributed by atoms with van der Waals surface area (Å²) in [7, 11) is -1.18. The third kappa shape index (κ3) is 3.06. The fourth-order valence-corrected chi connectivity index (χ4v) is 8.98. The molecule has 3 aliphatic rings. The number of rotatable bonds is 3. The number of aryl methyl sites for hydroxylation is 1. The highest BCUT2D eigenvalue weighted by Gasteiger charge is 2.40. The summed E-state index contributed by atoms with van der Waals surface area (Å²) < 4.78 is 0. The molecule has 0 bridgehead atoms. The minimum atomic E-state index is -1.18. The molecule has 0 spiro atoms. The fourth-order valence-electron chi connectivity index (χ4n) is 7.05. The lowest BCUT2D eigenvalue weighted by Crippen LogP contribution is -2.32. The van der Waals surface area contributed by atoms with Gasteiger partial charge in [-0.2, -0.15) is 0 Å². The SMILES string of the molecule is CC1=C(C)C(c2ccccc2)=C2C1=Nc1cc(C)c([SiH](C)C)c(C3c4ccccc4-c4ccccc43)c12. The summed E-state index contributed by atoms with van der Waals surface area (Å²) >= 11 is 0. The number of hydrogen-bond donors (Lipinski definition) is 0. The van der Waals surface area contributed by atoms with Crippen LogP contribution in [-0.2, 0) is 0 Å². The summed E-state index contributed by atoms with van der Waals surface area (Å²) in [5.74, 6) is 0.228. The normalized spacial score (nSPS) is 15.8. The molecule has 0 atom stereocenters. The van der Waals surface area contributed by atoms with E-state index in [0.29, 0.717) is 0 Å². The summed E-state index contributed by atoms with van der Waals surface area (Å²) in [5, 5.41) is 1.61. The standard InChI is InChI=1S/C35H31NSi/c1-20-19-28-31(32-29(23-13-7-6-8-14-23)21(2)22(3)34(32)36-28)33(35(20)37(4)5)30-26-17-11-9-15-24(26)25-16-10-12-18-27(25)30/h6-19,30,37H,1-5H3. The monoisotopic (exact) mass is 493 g/mol. The van der Waals surface area contributed by atoms with E-state index >= 15 is 0 Å². The van der Waals surface area contributed by atoms with E-state index in [-0.39, 0.29) is 5.92 Å². The van der Waals surface area contributed by atoms with Gasteiger partial charge < -0.3 is 0 Å². The van der Waals surface area contributed by atoms with Gasteiger partial charge >= 0.3 is 0 Å². The van der Waals surface area contributed by atoms with Gasteiger partial charge in [0.25, 0.3) is 0 Å². The van der Waals surface area contributed by atoms with Gasteiger partial charge in [-0.3, -0.25) is 0 Å². The van der Waals surface area contributed by atoms with E-state index in [4.69, 9.17) is 4.99 Å². The molecule has 0 aromatic heterocycles. The number of nitrogens with zero attached hydrogens (tertiary/aromatic N) is 1. The molecule has 0 radical (unpaired) electrons. The number of aliphatic imine (C=N–C) groups is 1. The molecule has 2 aliphatic carbocycles. The first-order chi connectivity index (χ1) is 18.0. The third-order valence-corrected chi connectivity index (χ3v) is 10.5. The third-order valence-electron chi connectivity index (χ3n) is 8.62. The summed E-state index contributed by atoms with van der Waals surface area (Å²) in [4.78, 5) is 5.34. The average Bonchev–Trinajstić information content (AvgIpc) is 3.51. The van der Waals surface area contributed by atoms with E-state index in [0.717, 1.165) is 5.69 Å². The highest BCUT2D eigenvalue weighted by atomic mass is 28.3. The molecule has 0 fully saturated rings. The highest BCUT2D eigenvalue weighted by molar-refractivity contribution is 6.72. The highest BCUT2D eigenvalue weighted by Crippen LogP contribution is 2.55. The van der Waals surface area contributed by atoms with Crippen molar-refractivity contribution in [1.29, 1.82) is 0 Å². The molecule has 180 valence electrons. The maximum absolute atomic E-state index is 5.34. The van der Waals surface area contributed by atoms with Crippen LogP contribution in [0, 0.1) is 6.92 Å². The Labute approximate surface area is 221 Å². The lowest BCUT2D eigenvalue weighted by molar-refractivity contribution is 1.02. The van der Waals surface area contributed by atoms with Crippen LogP contribution < -0.4 is 5.19 Å². The second-order valence-corrected chi connectivity index (χ2v) is 13.9. The Hall–Kier alpha value is -3.75. The molecule has 7 rings (SSSR count). The molecule has 37 heavy (non-hydrogen) atoms. The van der Waals surface area contributed by atoms with Gasteiger partial charge in [0.15, 0.2) is 0 Å². The van der Waals surface area contributed by atoms with Crippen LogP contribution in [0.2, 0.25) is 13.1 Å². The van der Waals surface area contributed by atoms with Crippen LogP contribution in [0.15, 0.2) is 101 Å². The molecule has 1 nitrogen and oxygen atoms in total. The predicted octanol–water partition coefficient (Wildman–Crippen LogP) is 8.20. The van der Waals surface area contributed by atoms with Crippen molar-refractivity contribution in [1.82, 2.24) is 0 Å². The van der Waals surface area contributed by atoms with Crippen LogP contribution in [0.1, 0.15) is 53.1 Å². The van der Waals surface area contributed by atoms with E-state index in [1.165, 1.54) is 72.5 Å².